The minimum Gasteiger partial charge on any atom is -0.432 e. The average molecular weight is 418 g/mol. The van der Waals surface area contributed by atoms with Crippen LogP contribution in [0.15, 0.2) is 0 Å². The van der Waals surface area contributed by atoms with Gasteiger partial charge in [0.2, 0.25) is 0 Å². The standard InChI is InChI=1S/C24H44B2O2S/c1-3-23(27-25-19-9-5-10-20(25)12-6-11-19)17-29-18-24(4-2)28-26-21-13-7-14-22(26)16-8-15-21/h19-24H,3-18H2,1-2H3. The summed E-state index contributed by atoms with van der Waals surface area (Å²) in [6.07, 6.45) is 20.3. The summed E-state index contributed by atoms with van der Waals surface area (Å²) in [6.45, 7) is 5.78. The third-order valence-electron chi connectivity index (χ3n) is 8.68. The van der Waals surface area contributed by atoms with Gasteiger partial charge in [0.15, 0.2) is 0 Å². The molecule has 0 aromatic carbocycles. The Morgan fingerprint density at radius 2 is 0.931 bits per heavy atom. The van der Waals surface area contributed by atoms with Crippen molar-refractivity contribution in [2.24, 2.45) is 0 Å². The monoisotopic (exact) mass is 418 g/mol. The molecule has 4 saturated heterocycles. The van der Waals surface area contributed by atoms with Crippen molar-refractivity contribution in [1.29, 1.82) is 0 Å². The lowest BCUT2D eigenvalue weighted by atomic mass is 9.38. The molecular weight excluding hydrogens is 374 g/mol. The Hall–Kier alpha value is 0.400. The molecule has 4 aliphatic heterocycles. The van der Waals surface area contributed by atoms with Crippen LogP contribution in [0.4, 0.5) is 0 Å². The number of hydrogen-bond donors (Lipinski definition) is 0. The highest BCUT2D eigenvalue weighted by Gasteiger charge is 2.43. The molecule has 0 aromatic rings. The van der Waals surface area contributed by atoms with Gasteiger partial charge in [-0.05, 0) is 36.1 Å². The Labute approximate surface area is 185 Å². The number of rotatable bonds is 10. The van der Waals surface area contributed by atoms with Crippen LogP contribution in [-0.4, -0.2) is 37.5 Å². The zero-order chi connectivity index (χ0) is 20.1. The first-order valence-electron chi connectivity index (χ1n) is 13.2. The van der Waals surface area contributed by atoms with Crippen molar-refractivity contribution < 1.29 is 9.31 Å². The predicted octanol–water partition coefficient (Wildman–Crippen LogP) is 7.51. The third-order valence-corrected chi connectivity index (χ3v) is 9.89. The fraction of sp³-hybridized carbons (Fsp3) is 1.00. The van der Waals surface area contributed by atoms with Crippen molar-refractivity contribution in [2.75, 3.05) is 11.5 Å². The minimum absolute atomic E-state index is 0.442. The van der Waals surface area contributed by atoms with Crippen molar-refractivity contribution in [2.45, 2.75) is 139 Å². The molecule has 164 valence electrons. The second kappa shape index (κ2) is 11.3. The number of fused-ring (bicyclic) bond motifs is 4. The van der Waals surface area contributed by atoms with Crippen LogP contribution in [-0.2, 0) is 9.31 Å². The fourth-order valence-electron chi connectivity index (χ4n) is 6.96. The van der Waals surface area contributed by atoms with Gasteiger partial charge in [-0.25, -0.2) is 0 Å². The highest BCUT2D eigenvalue weighted by atomic mass is 32.2. The number of hydrogen-bond acceptors (Lipinski definition) is 3. The van der Waals surface area contributed by atoms with Gasteiger partial charge in [0, 0.05) is 23.7 Å². The third kappa shape index (κ3) is 5.80. The van der Waals surface area contributed by atoms with E-state index in [1.165, 1.54) is 77.0 Å². The van der Waals surface area contributed by atoms with Gasteiger partial charge in [-0.2, -0.15) is 11.8 Å². The number of thioether (sulfide) groups is 1. The smallest absolute Gasteiger partial charge is 0.299 e. The van der Waals surface area contributed by atoms with E-state index in [1.807, 2.05) is 0 Å². The SMILES string of the molecule is CCC(CSCC(CC)OB1C2CCCC1CCC2)OB1C2CCCC1CCC2. The first-order chi connectivity index (χ1) is 14.3. The molecule has 4 heterocycles. The molecule has 4 fully saturated rings. The second-order valence-corrected chi connectivity index (χ2v) is 11.6. The van der Waals surface area contributed by atoms with Gasteiger partial charge in [0.1, 0.15) is 0 Å². The lowest BCUT2D eigenvalue weighted by Gasteiger charge is -2.41. The van der Waals surface area contributed by atoms with E-state index in [-0.39, 0.29) is 0 Å². The summed E-state index contributed by atoms with van der Waals surface area (Å²) in [4.78, 5) is 0. The maximum Gasteiger partial charge on any atom is 0.299 e. The molecule has 2 atom stereocenters. The Kier molecular flexibility index (Phi) is 8.82. The molecule has 0 amide bonds. The Balaban J connectivity index is 1.22. The summed E-state index contributed by atoms with van der Waals surface area (Å²) in [7, 11) is 0. The molecule has 0 spiro atoms. The van der Waals surface area contributed by atoms with E-state index < -0.39 is 0 Å². The quantitative estimate of drug-likeness (QED) is 0.342. The van der Waals surface area contributed by atoms with Crippen LogP contribution in [0.5, 0.6) is 0 Å². The van der Waals surface area contributed by atoms with Crippen LogP contribution in [0.25, 0.3) is 0 Å². The van der Waals surface area contributed by atoms with Gasteiger partial charge in [0.25, 0.3) is 13.8 Å². The summed E-state index contributed by atoms with van der Waals surface area (Å²) in [6, 6.07) is 0. The molecule has 2 unspecified atom stereocenters. The Morgan fingerprint density at radius 3 is 1.21 bits per heavy atom. The summed E-state index contributed by atoms with van der Waals surface area (Å²) >= 11 is 2.10. The second-order valence-electron chi connectivity index (χ2n) is 10.6. The minimum atomic E-state index is 0.442. The highest BCUT2D eigenvalue weighted by Crippen LogP contribution is 2.48. The van der Waals surface area contributed by atoms with E-state index in [2.05, 4.69) is 25.6 Å². The fourth-order valence-corrected chi connectivity index (χ4v) is 8.25. The van der Waals surface area contributed by atoms with Crippen LogP contribution in [0, 0.1) is 0 Å². The van der Waals surface area contributed by atoms with Crippen LogP contribution in [0.3, 0.4) is 0 Å². The summed E-state index contributed by atoms with van der Waals surface area (Å²) in [5.74, 6) is 5.75. The van der Waals surface area contributed by atoms with Crippen molar-refractivity contribution in [1.82, 2.24) is 0 Å². The van der Waals surface area contributed by atoms with E-state index >= 15 is 0 Å². The molecular formula is C24H44B2O2S. The Bertz CT molecular complexity index is 408. The summed E-state index contributed by atoms with van der Waals surface area (Å²) in [5, 5.41) is 0. The van der Waals surface area contributed by atoms with Crippen LogP contribution >= 0.6 is 11.8 Å². The van der Waals surface area contributed by atoms with Crippen molar-refractivity contribution in [3.8, 4) is 0 Å². The van der Waals surface area contributed by atoms with Crippen molar-refractivity contribution >= 4 is 25.6 Å². The first kappa shape index (κ1) is 22.6. The van der Waals surface area contributed by atoms with E-state index in [1.54, 1.807) is 0 Å². The van der Waals surface area contributed by atoms with E-state index in [4.69, 9.17) is 9.31 Å². The van der Waals surface area contributed by atoms with Crippen LogP contribution in [0.2, 0.25) is 23.3 Å². The topological polar surface area (TPSA) is 18.5 Å². The molecule has 0 N–H and O–H groups in total. The summed E-state index contributed by atoms with van der Waals surface area (Å²) in [5.41, 5.74) is 0. The molecule has 0 radical (unpaired) electrons. The van der Waals surface area contributed by atoms with Gasteiger partial charge in [-0.15, -0.1) is 0 Å². The largest absolute Gasteiger partial charge is 0.432 e. The lowest BCUT2D eigenvalue weighted by molar-refractivity contribution is 0.189. The Morgan fingerprint density at radius 1 is 0.621 bits per heavy atom. The molecule has 0 saturated carbocycles. The zero-order valence-corrected chi connectivity index (χ0v) is 20.0. The van der Waals surface area contributed by atoms with Crippen LogP contribution < -0.4 is 0 Å². The van der Waals surface area contributed by atoms with Gasteiger partial charge in [-0.3, -0.25) is 0 Å². The zero-order valence-electron chi connectivity index (χ0n) is 19.2. The first-order valence-corrected chi connectivity index (χ1v) is 14.3. The maximum absolute atomic E-state index is 6.77. The lowest BCUT2D eigenvalue weighted by Crippen LogP contribution is -2.41. The highest BCUT2D eigenvalue weighted by molar-refractivity contribution is 7.99. The molecule has 4 aliphatic rings. The van der Waals surface area contributed by atoms with Gasteiger partial charge >= 0.3 is 0 Å². The van der Waals surface area contributed by atoms with Crippen molar-refractivity contribution in [3.05, 3.63) is 0 Å². The van der Waals surface area contributed by atoms with Crippen LogP contribution in [0.1, 0.15) is 104 Å². The molecule has 0 aliphatic carbocycles. The maximum atomic E-state index is 6.77. The predicted molar refractivity (Wildman–Crippen MR) is 130 cm³/mol. The molecule has 4 rings (SSSR count). The summed E-state index contributed by atoms with van der Waals surface area (Å²) < 4.78 is 13.5. The molecule has 4 bridgehead atoms. The molecule has 5 heteroatoms. The van der Waals surface area contributed by atoms with E-state index in [0.29, 0.717) is 26.0 Å². The van der Waals surface area contributed by atoms with E-state index in [9.17, 15) is 0 Å². The van der Waals surface area contributed by atoms with Gasteiger partial charge in [0.05, 0.1) is 0 Å². The molecule has 0 aromatic heterocycles. The van der Waals surface area contributed by atoms with Crippen molar-refractivity contribution in [3.63, 3.8) is 0 Å². The molecule has 2 nitrogen and oxygen atoms in total. The normalized spacial score (nSPS) is 34.1. The van der Waals surface area contributed by atoms with Gasteiger partial charge < -0.3 is 9.31 Å². The van der Waals surface area contributed by atoms with Gasteiger partial charge in [-0.1, -0.05) is 90.9 Å². The molecule has 29 heavy (non-hydrogen) atoms. The van der Waals surface area contributed by atoms with E-state index in [0.717, 1.165) is 47.6 Å². The average Bonchev–Trinajstić information content (AvgIpc) is 2.71.